The van der Waals surface area contributed by atoms with E-state index in [1.54, 1.807) is 10.9 Å². The molecular weight excluding hydrogens is 294 g/mol. The maximum atomic E-state index is 6.01. The van der Waals surface area contributed by atoms with E-state index in [4.69, 9.17) is 10.5 Å². The molecule has 2 aromatic rings. The van der Waals surface area contributed by atoms with Crippen molar-refractivity contribution in [3.05, 3.63) is 40.5 Å². The number of halogens is 1. The number of nitrogen functional groups attached to an aromatic ring is 1. The molecule has 0 aliphatic heterocycles. The third-order valence-electron chi connectivity index (χ3n) is 2.59. The molecular formula is C13H16BrN3O. The monoisotopic (exact) mass is 309 g/mol. The van der Waals surface area contributed by atoms with E-state index < -0.39 is 0 Å². The number of nitrogens with zero attached hydrogens (tertiary/aromatic N) is 2. The zero-order chi connectivity index (χ0) is 13.1. The largest absolute Gasteiger partial charge is 0.489 e. The molecule has 0 spiro atoms. The highest BCUT2D eigenvalue weighted by Crippen LogP contribution is 2.21. The van der Waals surface area contributed by atoms with Crippen molar-refractivity contribution in [2.75, 3.05) is 5.73 Å². The van der Waals surface area contributed by atoms with Gasteiger partial charge in [-0.1, -0.05) is 22.0 Å². The SMILES string of the molecule is CC(C)n1ncc(COc2cccc(Br)c2)c1N. The van der Waals surface area contributed by atoms with Gasteiger partial charge >= 0.3 is 0 Å². The van der Waals surface area contributed by atoms with Crippen molar-refractivity contribution in [2.24, 2.45) is 0 Å². The zero-order valence-corrected chi connectivity index (χ0v) is 12.0. The topological polar surface area (TPSA) is 53.1 Å². The first-order valence-electron chi connectivity index (χ1n) is 5.78. The summed E-state index contributed by atoms with van der Waals surface area (Å²) >= 11 is 3.40. The highest BCUT2D eigenvalue weighted by molar-refractivity contribution is 9.10. The first kappa shape index (κ1) is 13.0. The molecule has 1 heterocycles. The van der Waals surface area contributed by atoms with E-state index >= 15 is 0 Å². The summed E-state index contributed by atoms with van der Waals surface area (Å²) in [7, 11) is 0. The van der Waals surface area contributed by atoms with E-state index in [1.165, 1.54) is 0 Å². The van der Waals surface area contributed by atoms with Crippen molar-refractivity contribution in [1.82, 2.24) is 9.78 Å². The number of hydrogen-bond acceptors (Lipinski definition) is 3. The predicted molar refractivity (Wildman–Crippen MR) is 75.5 cm³/mol. The molecule has 0 saturated heterocycles. The average molecular weight is 310 g/mol. The molecule has 96 valence electrons. The van der Waals surface area contributed by atoms with Crippen LogP contribution < -0.4 is 10.5 Å². The lowest BCUT2D eigenvalue weighted by Gasteiger charge is -2.09. The van der Waals surface area contributed by atoms with Crippen LogP contribution in [0, 0.1) is 0 Å². The highest BCUT2D eigenvalue weighted by atomic mass is 79.9. The van der Waals surface area contributed by atoms with Gasteiger partial charge in [-0.25, -0.2) is 4.68 Å². The Hall–Kier alpha value is -1.49. The summed E-state index contributed by atoms with van der Waals surface area (Å²) in [5, 5.41) is 4.25. The lowest BCUT2D eigenvalue weighted by molar-refractivity contribution is 0.306. The van der Waals surface area contributed by atoms with Crippen LogP contribution in [0.3, 0.4) is 0 Å². The maximum absolute atomic E-state index is 6.01. The number of rotatable bonds is 4. The zero-order valence-electron chi connectivity index (χ0n) is 10.4. The molecule has 0 fully saturated rings. The molecule has 2 N–H and O–H groups in total. The Balaban J connectivity index is 2.07. The Kier molecular flexibility index (Phi) is 3.91. The highest BCUT2D eigenvalue weighted by Gasteiger charge is 2.10. The molecule has 1 aromatic carbocycles. The van der Waals surface area contributed by atoms with Gasteiger partial charge in [0, 0.05) is 10.5 Å². The van der Waals surface area contributed by atoms with Crippen LogP contribution >= 0.6 is 15.9 Å². The van der Waals surface area contributed by atoms with Crippen LogP contribution in [0.5, 0.6) is 5.75 Å². The van der Waals surface area contributed by atoms with Crippen LogP contribution in [0.1, 0.15) is 25.5 Å². The molecule has 18 heavy (non-hydrogen) atoms. The van der Waals surface area contributed by atoms with Gasteiger partial charge in [-0.3, -0.25) is 0 Å². The van der Waals surface area contributed by atoms with Gasteiger partial charge in [-0.15, -0.1) is 0 Å². The van der Waals surface area contributed by atoms with Gasteiger partial charge < -0.3 is 10.5 Å². The van der Waals surface area contributed by atoms with Crippen molar-refractivity contribution in [3.63, 3.8) is 0 Å². The summed E-state index contributed by atoms with van der Waals surface area (Å²) in [5.74, 6) is 1.47. The van der Waals surface area contributed by atoms with Crippen LogP contribution in [0.4, 0.5) is 5.82 Å². The lowest BCUT2D eigenvalue weighted by Crippen LogP contribution is -2.08. The van der Waals surface area contributed by atoms with Crippen LogP contribution in [-0.2, 0) is 6.61 Å². The van der Waals surface area contributed by atoms with Crippen LogP contribution in [0.2, 0.25) is 0 Å². The fraction of sp³-hybridized carbons (Fsp3) is 0.308. The molecule has 5 heteroatoms. The maximum Gasteiger partial charge on any atom is 0.128 e. The molecule has 0 aliphatic carbocycles. The minimum atomic E-state index is 0.254. The first-order chi connectivity index (χ1) is 8.58. The van der Waals surface area contributed by atoms with Crippen molar-refractivity contribution in [3.8, 4) is 5.75 Å². The quantitative estimate of drug-likeness (QED) is 0.942. The van der Waals surface area contributed by atoms with Crippen molar-refractivity contribution in [2.45, 2.75) is 26.5 Å². The Morgan fingerprint density at radius 2 is 2.22 bits per heavy atom. The lowest BCUT2D eigenvalue weighted by atomic mass is 10.3. The van der Waals surface area contributed by atoms with Crippen LogP contribution in [0.25, 0.3) is 0 Å². The Morgan fingerprint density at radius 3 is 2.83 bits per heavy atom. The summed E-state index contributed by atoms with van der Waals surface area (Å²) in [4.78, 5) is 0. The van der Waals surface area contributed by atoms with E-state index in [-0.39, 0.29) is 6.04 Å². The molecule has 0 amide bonds. The summed E-state index contributed by atoms with van der Waals surface area (Å²) in [6, 6.07) is 7.97. The van der Waals surface area contributed by atoms with E-state index in [9.17, 15) is 0 Å². The van der Waals surface area contributed by atoms with E-state index in [0.29, 0.717) is 12.4 Å². The van der Waals surface area contributed by atoms with E-state index in [1.807, 2.05) is 38.1 Å². The second-order valence-corrected chi connectivity index (χ2v) is 5.26. The van der Waals surface area contributed by atoms with Crippen LogP contribution in [-0.4, -0.2) is 9.78 Å². The molecule has 0 saturated carbocycles. The summed E-state index contributed by atoms with van der Waals surface area (Å²) in [5.41, 5.74) is 6.92. The minimum Gasteiger partial charge on any atom is -0.489 e. The molecule has 2 rings (SSSR count). The third-order valence-corrected chi connectivity index (χ3v) is 3.09. The molecule has 0 bridgehead atoms. The Labute approximate surface area is 115 Å². The normalized spacial score (nSPS) is 10.9. The standard InChI is InChI=1S/C13H16BrN3O/c1-9(2)17-13(15)10(7-16-17)8-18-12-5-3-4-11(14)6-12/h3-7,9H,8,15H2,1-2H3. The fourth-order valence-corrected chi connectivity index (χ4v) is 2.03. The van der Waals surface area contributed by atoms with Gasteiger partial charge in [0.05, 0.1) is 11.8 Å². The Bertz CT molecular complexity index is 537. The van der Waals surface area contributed by atoms with Gasteiger partial charge in [-0.05, 0) is 32.0 Å². The summed E-state index contributed by atoms with van der Waals surface area (Å²) in [6.07, 6.45) is 1.76. The fourth-order valence-electron chi connectivity index (χ4n) is 1.65. The van der Waals surface area contributed by atoms with Gasteiger partial charge in [0.25, 0.3) is 0 Å². The van der Waals surface area contributed by atoms with Gasteiger partial charge in [-0.2, -0.15) is 5.10 Å². The minimum absolute atomic E-state index is 0.254. The predicted octanol–water partition coefficient (Wildman–Crippen LogP) is 3.39. The number of hydrogen-bond donors (Lipinski definition) is 1. The van der Waals surface area contributed by atoms with Gasteiger partial charge in [0.15, 0.2) is 0 Å². The van der Waals surface area contributed by atoms with Crippen LogP contribution in [0.15, 0.2) is 34.9 Å². The first-order valence-corrected chi connectivity index (χ1v) is 6.57. The number of benzene rings is 1. The number of aromatic nitrogens is 2. The molecule has 0 aliphatic rings. The molecule has 0 unspecified atom stereocenters. The molecule has 4 nitrogen and oxygen atoms in total. The molecule has 0 radical (unpaired) electrons. The summed E-state index contributed by atoms with van der Waals surface area (Å²) < 4.78 is 8.47. The van der Waals surface area contributed by atoms with Crippen molar-refractivity contribution < 1.29 is 4.74 Å². The number of ether oxygens (including phenoxy) is 1. The third kappa shape index (κ3) is 2.85. The number of nitrogens with two attached hydrogens (primary N) is 1. The number of anilines is 1. The van der Waals surface area contributed by atoms with Gasteiger partial charge in [0.2, 0.25) is 0 Å². The molecule has 0 atom stereocenters. The second kappa shape index (κ2) is 5.44. The molecule has 1 aromatic heterocycles. The van der Waals surface area contributed by atoms with Crippen molar-refractivity contribution in [1.29, 1.82) is 0 Å². The van der Waals surface area contributed by atoms with Gasteiger partial charge in [0.1, 0.15) is 18.2 Å². The van der Waals surface area contributed by atoms with E-state index in [0.717, 1.165) is 15.8 Å². The Morgan fingerprint density at radius 1 is 1.44 bits per heavy atom. The van der Waals surface area contributed by atoms with E-state index in [2.05, 4.69) is 21.0 Å². The van der Waals surface area contributed by atoms with Crippen molar-refractivity contribution >= 4 is 21.7 Å². The summed E-state index contributed by atoms with van der Waals surface area (Å²) in [6.45, 7) is 4.51. The second-order valence-electron chi connectivity index (χ2n) is 4.34. The average Bonchev–Trinajstić information content (AvgIpc) is 2.68. The smallest absolute Gasteiger partial charge is 0.128 e.